The van der Waals surface area contributed by atoms with Crippen LogP contribution in [0.1, 0.15) is 40.0 Å². The van der Waals surface area contributed by atoms with Crippen molar-refractivity contribution >= 4 is 5.91 Å². The van der Waals surface area contributed by atoms with Gasteiger partial charge in [-0.1, -0.05) is 20.3 Å². The average molecular weight is 173 g/mol. The number of unbranched alkanes of at least 4 members (excludes halogenated alkanes) is 1. The van der Waals surface area contributed by atoms with E-state index in [1.54, 1.807) is 0 Å². The molecule has 0 aliphatic heterocycles. The molecule has 0 fully saturated rings. The number of hydrogen-bond acceptors (Lipinski definition) is 2. The minimum Gasteiger partial charge on any atom is -0.273 e. The summed E-state index contributed by atoms with van der Waals surface area (Å²) in [5.74, 6) is 0.0744. The van der Waals surface area contributed by atoms with Crippen LogP contribution in [0.5, 0.6) is 0 Å². The molecule has 0 aromatic heterocycles. The van der Waals surface area contributed by atoms with Crippen molar-refractivity contribution in [3.63, 3.8) is 0 Å². The number of amides is 1. The van der Waals surface area contributed by atoms with Gasteiger partial charge in [0.2, 0.25) is 5.91 Å². The number of nitrogens with zero attached hydrogens (tertiary/aromatic N) is 1. The minimum absolute atomic E-state index is 0.0744. The van der Waals surface area contributed by atoms with Gasteiger partial charge in [0.15, 0.2) is 0 Å². The van der Waals surface area contributed by atoms with Gasteiger partial charge in [-0.2, -0.15) is 0 Å². The Hall–Kier alpha value is -0.570. The molecule has 0 aliphatic rings. The predicted octanol–water partition coefficient (Wildman–Crippen LogP) is 1.98. The molecule has 3 nitrogen and oxygen atoms in total. The highest BCUT2D eigenvalue weighted by molar-refractivity contribution is 5.74. The first-order valence-corrected chi connectivity index (χ1v) is 4.69. The molecule has 0 heterocycles. The van der Waals surface area contributed by atoms with E-state index in [0.29, 0.717) is 13.0 Å². The Bertz CT molecular complexity index is 126. The smallest absolute Gasteiger partial charge is 0.245 e. The molecule has 0 aromatic carbocycles. The van der Waals surface area contributed by atoms with Crippen LogP contribution in [-0.4, -0.2) is 24.1 Å². The zero-order valence-corrected chi connectivity index (χ0v) is 8.30. The summed E-state index contributed by atoms with van der Waals surface area (Å²) >= 11 is 0. The van der Waals surface area contributed by atoms with Gasteiger partial charge in [0, 0.05) is 13.0 Å². The van der Waals surface area contributed by atoms with Gasteiger partial charge in [-0.05, 0) is 13.3 Å². The van der Waals surface area contributed by atoms with Crippen molar-refractivity contribution in [3.8, 4) is 0 Å². The van der Waals surface area contributed by atoms with Gasteiger partial charge in [0.25, 0.3) is 0 Å². The summed E-state index contributed by atoms with van der Waals surface area (Å²) in [7, 11) is 0. The van der Waals surface area contributed by atoms with E-state index in [1.807, 2.05) is 13.8 Å². The van der Waals surface area contributed by atoms with Crippen LogP contribution in [0.25, 0.3) is 0 Å². The van der Waals surface area contributed by atoms with Crippen LogP contribution in [0.3, 0.4) is 0 Å². The molecule has 0 N–H and O–H groups in total. The second-order valence-corrected chi connectivity index (χ2v) is 2.62. The first-order chi connectivity index (χ1) is 5.76. The van der Waals surface area contributed by atoms with Gasteiger partial charge < -0.3 is 0 Å². The SMILES string of the molecule is CCCCN(OCC)C(=O)CC. The summed E-state index contributed by atoms with van der Waals surface area (Å²) in [6.45, 7) is 7.12. The van der Waals surface area contributed by atoms with Crippen LogP contribution in [0.2, 0.25) is 0 Å². The topological polar surface area (TPSA) is 29.5 Å². The highest BCUT2D eigenvalue weighted by Crippen LogP contribution is 1.99. The van der Waals surface area contributed by atoms with Gasteiger partial charge in [-0.15, -0.1) is 0 Å². The Balaban J connectivity index is 3.76. The van der Waals surface area contributed by atoms with Crippen molar-refractivity contribution in [1.29, 1.82) is 0 Å². The second-order valence-electron chi connectivity index (χ2n) is 2.62. The lowest BCUT2D eigenvalue weighted by molar-refractivity contribution is -0.184. The molecule has 0 unspecified atom stereocenters. The lowest BCUT2D eigenvalue weighted by atomic mass is 10.3. The Labute approximate surface area is 74.6 Å². The molecule has 0 saturated heterocycles. The molecule has 3 heteroatoms. The number of carbonyl (C=O) groups is 1. The number of rotatable bonds is 6. The van der Waals surface area contributed by atoms with Crippen LogP contribution in [0.4, 0.5) is 0 Å². The third-order valence-electron chi connectivity index (χ3n) is 1.58. The van der Waals surface area contributed by atoms with Crippen molar-refractivity contribution in [2.75, 3.05) is 13.2 Å². The summed E-state index contributed by atoms with van der Waals surface area (Å²) in [5, 5.41) is 1.48. The molecule has 0 rings (SSSR count). The van der Waals surface area contributed by atoms with E-state index in [4.69, 9.17) is 4.84 Å². The quantitative estimate of drug-likeness (QED) is 0.575. The molecule has 0 aliphatic carbocycles. The Morgan fingerprint density at radius 2 is 2.00 bits per heavy atom. The fourth-order valence-corrected chi connectivity index (χ4v) is 0.895. The van der Waals surface area contributed by atoms with E-state index in [9.17, 15) is 4.79 Å². The van der Waals surface area contributed by atoms with Crippen LogP contribution < -0.4 is 0 Å². The second kappa shape index (κ2) is 7.10. The lowest BCUT2D eigenvalue weighted by Gasteiger charge is -2.19. The van der Waals surface area contributed by atoms with E-state index < -0.39 is 0 Å². The van der Waals surface area contributed by atoms with Gasteiger partial charge in [-0.25, -0.2) is 5.06 Å². The average Bonchev–Trinajstić information content (AvgIpc) is 2.11. The van der Waals surface area contributed by atoms with Crippen molar-refractivity contribution in [3.05, 3.63) is 0 Å². The first kappa shape index (κ1) is 11.4. The Morgan fingerprint density at radius 1 is 1.33 bits per heavy atom. The van der Waals surface area contributed by atoms with Crippen molar-refractivity contribution < 1.29 is 9.63 Å². The predicted molar refractivity (Wildman–Crippen MR) is 48.5 cm³/mol. The molecular formula is C9H19NO2. The molecule has 0 radical (unpaired) electrons. The molecule has 0 aromatic rings. The Morgan fingerprint density at radius 3 is 2.42 bits per heavy atom. The maximum Gasteiger partial charge on any atom is 0.245 e. The van der Waals surface area contributed by atoms with Crippen LogP contribution in [0.15, 0.2) is 0 Å². The number of hydrogen-bond donors (Lipinski definition) is 0. The summed E-state index contributed by atoms with van der Waals surface area (Å²) in [5.41, 5.74) is 0. The van der Waals surface area contributed by atoms with E-state index >= 15 is 0 Å². The van der Waals surface area contributed by atoms with Gasteiger partial charge in [0.05, 0.1) is 6.61 Å². The third kappa shape index (κ3) is 4.34. The first-order valence-electron chi connectivity index (χ1n) is 4.69. The summed E-state index contributed by atoms with van der Waals surface area (Å²) in [6.07, 6.45) is 2.61. The van der Waals surface area contributed by atoms with Gasteiger partial charge >= 0.3 is 0 Å². The number of hydroxylamine groups is 2. The fraction of sp³-hybridized carbons (Fsp3) is 0.889. The molecular weight excluding hydrogens is 154 g/mol. The van der Waals surface area contributed by atoms with Crippen molar-refractivity contribution in [1.82, 2.24) is 5.06 Å². The zero-order chi connectivity index (χ0) is 9.40. The molecule has 72 valence electrons. The largest absolute Gasteiger partial charge is 0.273 e. The van der Waals surface area contributed by atoms with E-state index in [0.717, 1.165) is 19.4 Å². The fourth-order valence-electron chi connectivity index (χ4n) is 0.895. The monoisotopic (exact) mass is 173 g/mol. The Kier molecular flexibility index (Phi) is 6.76. The van der Waals surface area contributed by atoms with Crippen LogP contribution >= 0.6 is 0 Å². The van der Waals surface area contributed by atoms with Crippen LogP contribution in [0, 0.1) is 0 Å². The van der Waals surface area contributed by atoms with E-state index in [-0.39, 0.29) is 5.91 Å². The number of carbonyl (C=O) groups excluding carboxylic acids is 1. The van der Waals surface area contributed by atoms with Crippen molar-refractivity contribution in [2.24, 2.45) is 0 Å². The van der Waals surface area contributed by atoms with Crippen molar-refractivity contribution in [2.45, 2.75) is 40.0 Å². The molecule has 0 bridgehead atoms. The lowest BCUT2D eigenvalue weighted by Crippen LogP contribution is -2.31. The maximum absolute atomic E-state index is 11.2. The zero-order valence-electron chi connectivity index (χ0n) is 8.30. The van der Waals surface area contributed by atoms with Gasteiger partial charge in [-0.3, -0.25) is 9.63 Å². The summed E-state index contributed by atoms with van der Waals surface area (Å²) in [4.78, 5) is 16.4. The summed E-state index contributed by atoms with van der Waals surface area (Å²) in [6, 6.07) is 0. The third-order valence-corrected chi connectivity index (χ3v) is 1.58. The molecule has 0 spiro atoms. The highest BCUT2D eigenvalue weighted by Gasteiger charge is 2.09. The van der Waals surface area contributed by atoms with Crippen LogP contribution in [-0.2, 0) is 9.63 Å². The molecule has 0 saturated carbocycles. The normalized spacial score (nSPS) is 9.92. The van der Waals surface area contributed by atoms with Gasteiger partial charge in [0.1, 0.15) is 0 Å². The molecule has 0 atom stereocenters. The summed E-state index contributed by atoms with van der Waals surface area (Å²) < 4.78 is 0. The van der Waals surface area contributed by atoms with E-state index in [2.05, 4.69) is 6.92 Å². The minimum atomic E-state index is 0.0744. The van der Waals surface area contributed by atoms with E-state index in [1.165, 1.54) is 5.06 Å². The maximum atomic E-state index is 11.2. The molecule has 1 amide bonds. The molecule has 12 heavy (non-hydrogen) atoms. The highest BCUT2D eigenvalue weighted by atomic mass is 16.7. The standard InChI is InChI=1S/C9H19NO2/c1-4-7-8-10(12-6-3)9(11)5-2/h4-8H2,1-3H3.